The lowest BCUT2D eigenvalue weighted by Gasteiger charge is -2.22. The Morgan fingerprint density at radius 1 is 1.44 bits per heavy atom. The Balaban J connectivity index is 3.97. The first kappa shape index (κ1) is 14.6. The van der Waals surface area contributed by atoms with Gasteiger partial charge in [-0.05, 0) is 13.3 Å². The first-order chi connectivity index (χ1) is 7.44. The highest BCUT2D eigenvalue weighted by Gasteiger charge is 2.26. The molecule has 0 aromatic carbocycles. The summed E-state index contributed by atoms with van der Waals surface area (Å²) in [5.41, 5.74) is 4.89. The average molecular weight is 227 g/mol. The van der Waals surface area contributed by atoms with Gasteiger partial charge in [0.05, 0.1) is 12.1 Å². The molecule has 0 heterocycles. The number of hydrogen-bond donors (Lipinski definition) is 3. The highest BCUT2D eigenvalue weighted by Crippen LogP contribution is 2.07. The van der Waals surface area contributed by atoms with E-state index in [0.717, 1.165) is 6.42 Å². The van der Waals surface area contributed by atoms with Gasteiger partial charge >= 0.3 is 0 Å². The molecule has 0 rings (SSSR count). The van der Waals surface area contributed by atoms with E-state index < -0.39 is 5.54 Å². The monoisotopic (exact) mass is 227 g/mol. The van der Waals surface area contributed by atoms with Gasteiger partial charge in [-0.15, -0.1) is 6.58 Å². The van der Waals surface area contributed by atoms with E-state index in [-0.39, 0.29) is 18.4 Å². The molecule has 0 spiro atoms. The molecule has 0 fully saturated rings. The fourth-order valence-corrected chi connectivity index (χ4v) is 1.24. The van der Waals surface area contributed by atoms with Gasteiger partial charge in [-0.25, -0.2) is 0 Å². The van der Waals surface area contributed by atoms with E-state index in [1.54, 1.807) is 13.0 Å². The quantitative estimate of drug-likeness (QED) is 0.532. The lowest BCUT2D eigenvalue weighted by atomic mass is 9.97. The lowest BCUT2D eigenvalue weighted by Crippen LogP contribution is -2.53. The molecule has 0 bridgehead atoms. The molecule has 0 aromatic heterocycles. The molecule has 0 saturated heterocycles. The summed E-state index contributed by atoms with van der Waals surface area (Å²) in [4.78, 5) is 22.8. The van der Waals surface area contributed by atoms with Crippen molar-refractivity contribution in [3.8, 4) is 0 Å². The molecule has 0 aliphatic carbocycles. The number of amides is 2. The normalized spacial score (nSPS) is 13.7. The van der Waals surface area contributed by atoms with Crippen LogP contribution in [0.1, 0.15) is 26.7 Å². The summed E-state index contributed by atoms with van der Waals surface area (Å²) in [6.45, 7) is 7.42. The number of carbonyl (C=O) groups excluding carboxylic acids is 2. The summed E-state index contributed by atoms with van der Waals surface area (Å²) in [5, 5.41) is 5.06. The van der Waals surface area contributed by atoms with Gasteiger partial charge < -0.3 is 16.4 Å². The molecule has 92 valence electrons. The van der Waals surface area contributed by atoms with Gasteiger partial charge in [0.25, 0.3) is 0 Å². The molecule has 1 unspecified atom stereocenters. The summed E-state index contributed by atoms with van der Waals surface area (Å²) < 4.78 is 0. The van der Waals surface area contributed by atoms with Crippen molar-refractivity contribution in [2.75, 3.05) is 13.1 Å². The van der Waals surface area contributed by atoms with Crippen molar-refractivity contribution in [2.24, 2.45) is 5.73 Å². The van der Waals surface area contributed by atoms with Gasteiger partial charge in [0.15, 0.2) is 0 Å². The van der Waals surface area contributed by atoms with E-state index in [9.17, 15) is 9.59 Å². The Morgan fingerprint density at radius 3 is 2.56 bits per heavy atom. The van der Waals surface area contributed by atoms with Gasteiger partial charge in [0, 0.05) is 6.54 Å². The topological polar surface area (TPSA) is 84.2 Å². The number of carbonyl (C=O) groups is 2. The molecule has 0 aliphatic rings. The van der Waals surface area contributed by atoms with E-state index in [1.807, 2.05) is 6.92 Å². The maximum absolute atomic E-state index is 11.6. The van der Waals surface area contributed by atoms with Crippen molar-refractivity contribution in [1.29, 1.82) is 0 Å². The number of nitrogens with one attached hydrogen (secondary N) is 2. The number of nitrogens with two attached hydrogens (primary N) is 1. The fraction of sp³-hybridized carbons (Fsp3) is 0.636. The minimum Gasteiger partial charge on any atom is -0.351 e. The summed E-state index contributed by atoms with van der Waals surface area (Å²) in [6.07, 6.45) is 2.99. The van der Waals surface area contributed by atoms with Crippen LogP contribution in [-0.4, -0.2) is 30.4 Å². The van der Waals surface area contributed by atoms with E-state index in [0.29, 0.717) is 13.0 Å². The fourth-order valence-electron chi connectivity index (χ4n) is 1.24. The van der Waals surface area contributed by atoms with E-state index in [2.05, 4.69) is 17.2 Å². The largest absolute Gasteiger partial charge is 0.351 e. The van der Waals surface area contributed by atoms with Crippen molar-refractivity contribution in [3.63, 3.8) is 0 Å². The van der Waals surface area contributed by atoms with Crippen LogP contribution in [0.25, 0.3) is 0 Å². The highest BCUT2D eigenvalue weighted by molar-refractivity contribution is 5.89. The molecule has 5 heteroatoms. The van der Waals surface area contributed by atoms with Crippen LogP contribution in [0.15, 0.2) is 12.7 Å². The Hall–Kier alpha value is -1.36. The Bertz CT molecular complexity index is 262. The summed E-state index contributed by atoms with van der Waals surface area (Å²) in [6, 6.07) is 0. The predicted molar refractivity (Wildman–Crippen MR) is 63.7 cm³/mol. The van der Waals surface area contributed by atoms with Gasteiger partial charge in [-0.1, -0.05) is 19.4 Å². The van der Waals surface area contributed by atoms with Gasteiger partial charge in [0.2, 0.25) is 11.8 Å². The van der Waals surface area contributed by atoms with Gasteiger partial charge in [0.1, 0.15) is 0 Å². The van der Waals surface area contributed by atoms with Crippen LogP contribution in [0.2, 0.25) is 0 Å². The van der Waals surface area contributed by atoms with Crippen LogP contribution in [-0.2, 0) is 9.59 Å². The van der Waals surface area contributed by atoms with E-state index >= 15 is 0 Å². The average Bonchev–Trinajstić information content (AvgIpc) is 2.22. The SMILES string of the molecule is C=CCNC(=O)CNC(=O)C(C)(N)CCC. The van der Waals surface area contributed by atoms with Crippen LogP contribution in [0.3, 0.4) is 0 Å². The van der Waals surface area contributed by atoms with Crippen LogP contribution in [0.4, 0.5) is 0 Å². The van der Waals surface area contributed by atoms with Gasteiger partial charge in [-0.3, -0.25) is 9.59 Å². The molecule has 2 amide bonds. The van der Waals surface area contributed by atoms with Crippen LogP contribution in [0.5, 0.6) is 0 Å². The zero-order valence-corrected chi connectivity index (χ0v) is 10.0. The zero-order chi connectivity index (χ0) is 12.6. The molecule has 4 N–H and O–H groups in total. The molecule has 5 nitrogen and oxygen atoms in total. The smallest absolute Gasteiger partial charge is 0.240 e. The third kappa shape index (κ3) is 5.50. The second kappa shape index (κ2) is 7.00. The van der Waals surface area contributed by atoms with Crippen molar-refractivity contribution < 1.29 is 9.59 Å². The standard InChI is InChI=1S/C11H21N3O2/c1-4-6-11(3,12)10(16)14-8-9(15)13-7-5-2/h5H,2,4,6-8,12H2,1,3H3,(H,13,15)(H,14,16). The molecule has 0 aromatic rings. The van der Waals surface area contributed by atoms with Crippen molar-refractivity contribution in [1.82, 2.24) is 10.6 Å². The molecule has 0 aliphatic heterocycles. The molecule has 0 saturated carbocycles. The number of rotatable bonds is 7. The van der Waals surface area contributed by atoms with E-state index in [4.69, 9.17) is 5.73 Å². The second-order valence-corrected chi connectivity index (χ2v) is 3.94. The van der Waals surface area contributed by atoms with Crippen molar-refractivity contribution in [3.05, 3.63) is 12.7 Å². The third-order valence-corrected chi connectivity index (χ3v) is 2.14. The van der Waals surface area contributed by atoms with Gasteiger partial charge in [-0.2, -0.15) is 0 Å². The summed E-state index contributed by atoms with van der Waals surface area (Å²) >= 11 is 0. The molecule has 1 atom stereocenters. The maximum Gasteiger partial charge on any atom is 0.240 e. The molecular weight excluding hydrogens is 206 g/mol. The molecule has 16 heavy (non-hydrogen) atoms. The lowest BCUT2D eigenvalue weighted by molar-refractivity contribution is -0.129. The first-order valence-corrected chi connectivity index (χ1v) is 5.38. The predicted octanol–water partition coefficient (Wildman–Crippen LogP) is -0.0777. The first-order valence-electron chi connectivity index (χ1n) is 5.38. The Labute approximate surface area is 96.5 Å². The summed E-state index contributed by atoms with van der Waals surface area (Å²) in [5.74, 6) is -0.552. The third-order valence-electron chi connectivity index (χ3n) is 2.14. The zero-order valence-electron chi connectivity index (χ0n) is 10.0. The van der Waals surface area contributed by atoms with Crippen molar-refractivity contribution >= 4 is 11.8 Å². The van der Waals surface area contributed by atoms with Crippen molar-refractivity contribution in [2.45, 2.75) is 32.2 Å². The molecule has 0 radical (unpaired) electrons. The van der Waals surface area contributed by atoms with Crippen LogP contribution in [0, 0.1) is 0 Å². The minimum absolute atomic E-state index is 0.0524. The Kier molecular flexibility index (Phi) is 6.41. The molecular formula is C11H21N3O2. The van der Waals surface area contributed by atoms with Crippen LogP contribution >= 0.6 is 0 Å². The minimum atomic E-state index is -0.909. The van der Waals surface area contributed by atoms with E-state index in [1.165, 1.54) is 0 Å². The van der Waals surface area contributed by atoms with Crippen LogP contribution < -0.4 is 16.4 Å². The summed E-state index contributed by atoms with van der Waals surface area (Å²) in [7, 11) is 0. The maximum atomic E-state index is 11.6. The Morgan fingerprint density at radius 2 is 2.06 bits per heavy atom. The number of hydrogen-bond acceptors (Lipinski definition) is 3. The highest BCUT2D eigenvalue weighted by atomic mass is 16.2. The second-order valence-electron chi connectivity index (χ2n) is 3.94.